The first-order valence-electron chi connectivity index (χ1n) is 9.19. The number of furan rings is 1. The highest BCUT2D eigenvalue weighted by Crippen LogP contribution is 2.29. The standard InChI is InChI=1S/C21H20N4O5/c1-11-7-14-18-19(30-20(14)23-12(11)2)21(27)25(10-22-18)9-17(26)24-15-6-5-13(28-3)8-16(15)29-4/h5-8,10H,9H2,1-4H3,(H,24,26). The summed E-state index contributed by atoms with van der Waals surface area (Å²) in [6.07, 6.45) is 1.33. The third-order valence-corrected chi connectivity index (χ3v) is 4.88. The van der Waals surface area contributed by atoms with Gasteiger partial charge in [-0.3, -0.25) is 14.2 Å². The summed E-state index contributed by atoms with van der Waals surface area (Å²) in [5.41, 5.74) is 2.65. The molecule has 0 unspecified atom stereocenters. The van der Waals surface area contributed by atoms with Crippen molar-refractivity contribution >= 4 is 33.8 Å². The Morgan fingerprint density at radius 1 is 1.20 bits per heavy atom. The molecule has 9 heteroatoms. The Labute approximate surface area is 171 Å². The molecule has 0 aliphatic carbocycles. The van der Waals surface area contributed by atoms with Crippen molar-refractivity contribution in [1.82, 2.24) is 14.5 Å². The van der Waals surface area contributed by atoms with E-state index in [9.17, 15) is 9.59 Å². The molecule has 0 aliphatic rings. The average Bonchev–Trinajstić information content (AvgIpc) is 3.08. The molecule has 3 aromatic heterocycles. The summed E-state index contributed by atoms with van der Waals surface area (Å²) >= 11 is 0. The van der Waals surface area contributed by atoms with E-state index in [2.05, 4.69) is 15.3 Å². The molecule has 0 fully saturated rings. The summed E-state index contributed by atoms with van der Waals surface area (Å²) in [6.45, 7) is 3.56. The van der Waals surface area contributed by atoms with Gasteiger partial charge in [0.2, 0.25) is 17.2 Å². The van der Waals surface area contributed by atoms with Gasteiger partial charge in [0.25, 0.3) is 5.56 Å². The normalized spacial score (nSPS) is 11.1. The van der Waals surface area contributed by atoms with Gasteiger partial charge in [0.15, 0.2) is 0 Å². The number of fused-ring (bicyclic) bond motifs is 3. The average molecular weight is 408 g/mol. The number of carbonyl (C=O) groups excluding carboxylic acids is 1. The predicted octanol–water partition coefficient (Wildman–Crippen LogP) is 2.81. The van der Waals surface area contributed by atoms with Gasteiger partial charge < -0.3 is 19.2 Å². The predicted molar refractivity (Wildman–Crippen MR) is 111 cm³/mol. The van der Waals surface area contributed by atoms with Crippen molar-refractivity contribution in [2.75, 3.05) is 19.5 Å². The van der Waals surface area contributed by atoms with Crippen molar-refractivity contribution < 1.29 is 18.7 Å². The molecule has 0 spiro atoms. The number of carbonyl (C=O) groups is 1. The van der Waals surface area contributed by atoms with Crippen LogP contribution in [0.25, 0.3) is 22.2 Å². The number of amides is 1. The number of pyridine rings is 1. The van der Waals surface area contributed by atoms with Crippen LogP contribution < -0.4 is 20.3 Å². The van der Waals surface area contributed by atoms with Gasteiger partial charge in [-0.2, -0.15) is 0 Å². The Hall–Kier alpha value is -3.88. The highest BCUT2D eigenvalue weighted by Gasteiger charge is 2.17. The van der Waals surface area contributed by atoms with E-state index in [1.165, 1.54) is 18.0 Å². The van der Waals surface area contributed by atoms with E-state index in [-0.39, 0.29) is 12.1 Å². The van der Waals surface area contributed by atoms with Gasteiger partial charge in [-0.1, -0.05) is 0 Å². The second-order valence-corrected chi connectivity index (χ2v) is 6.82. The third-order valence-electron chi connectivity index (χ3n) is 4.88. The van der Waals surface area contributed by atoms with Crippen LogP contribution in [-0.4, -0.2) is 34.7 Å². The van der Waals surface area contributed by atoms with Crippen LogP contribution in [0.5, 0.6) is 11.5 Å². The molecular formula is C21H20N4O5. The number of hydrogen-bond acceptors (Lipinski definition) is 7. The second kappa shape index (κ2) is 7.51. The molecule has 4 rings (SSSR count). The number of hydrogen-bond donors (Lipinski definition) is 1. The fraction of sp³-hybridized carbons (Fsp3) is 0.238. The smallest absolute Gasteiger partial charge is 0.297 e. The minimum Gasteiger partial charge on any atom is -0.497 e. The molecule has 0 saturated carbocycles. The van der Waals surface area contributed by atoms with Crippen LogP contribution in [0.15, 0.2) is 39.8 Å². The van der Waals surface area contributed by atoms with Gasteiger partial charge in [-0.05, 0) is 37.6 Å². The summed E-state index contributed by atoms with van der Waals surface area (Å²) in [5, 5.41) is 3.40. The SMILES string of the molecule is COc1ccc(NC(=O)Cn2cnc3c(oc4nc(C)c(C)cc43)c2=O)c(OC)c1. The minimum atomic E-state index is -0.454. The maximum atomic E-state index is 12.8. The molecule has 154 valence electrons. The van der Waals surface area contributed by atoms with Crippen LogP contribution in [0.4, 0.5) is 5.69 Å². The Kier molecular flexibility index (Phi) is 4.86. The fourth-order valence-corrected chi connectivity index (χ4v) is 3.14. The molecule has 30 heavy (non-hydrogen) atoms. The fourth-order valence-electron chi connectivity index (χ4n) is 3.14. The van der Waals surface area contributed by atoms with Crippen LogP contribution in [0.3, 0.4) is 0 Å². The molecule has 0 bridgehead atoms. The van der Waals surface area contributed by atoms with Crippen molar-refractivity contribution in [1.29, 1.82) is 0 Å². The molecule has 0 saturated heterocycles. The number of nitrogens with one attached hydrogen (secondary N) is 1. The number of methoxy groups -OCH3 is 2. The molecule has 1 N–H and O–H groups in total. The van der Waals surface area contributed by atoms with Crippen LogP contribution >= 0.6 is 0 Å². The lowest BCUT2D eigenvalue weighted by Crippen LogP contribution is -2.27. The molecule has 0 aliphatic heterocycles. The van der Waals surface area contributed by atoms with Crippen LogP contribution in [0.2, 0.25) is 0 Å². The molecular weight excluding hydrogens is 388 g/mol. The zero-order valence-electron chi connectivity index (χ0n) is 17.0. The molecule has 4 aromatic rings. The summed E-state index contributed by atoms with van der Waals surface area (Å²) in [5.74, 6) is 0.625. The van der Waals surface area contributed by atoms with Gasteiger partial charge in [0.05, 0.1) is 31.6 Å². The highest BCUT2D eigenvalue weighted by atomic mass is 16.5. The zero-order chi connectivity index (χ0) is 21.4. The lowest BCUT2D eigenvalue weighted by Gasteiger charge is -2.12. The summed E-state index contributed by atoms with van der Waals surface area (Å²) in [7, 11) is 3.03. The molecule has 0 atom stereocenters. The summed E-state index contributed by atoms with van der Waals surface area (Å²) < 4.78 is 17.3. The van der Waals surface area contributed by atoms with E-state index in [1.54, 1.807) is 25.3 Å². The van der Waals surface area contributed by atoms with E-state index >= 15 is 0 Å². The zero-order valence-corrected chi connectivity index (χ0v) is 17.0. The molecule has 1 aromatic carbocycles. The van der Waals surface area contributed by atoms with Crippen LogP contribution in [-0.2, 0) is 11.3 Å². The molecule has 3 heterocycles. The highest BCUT2D eigenvalue weighted by molar-refractivity contribution is 6.00. The number of anilines is 1. The third kappa shape index (κ3) is 3.34. The topological polar surface area (TPSA) is 108 Å². The van der Waals surface area contributed by atoms with E-state index in [1.807, 2.05) is 19.9 Å². The van der Waals surface area contributed by atoms with Gasteiger partial charge >= 0.3 is 0 Å². The van der Waals surface area contributed by atoms with Gasteiger partial charge in [-0.15, -0.1) is 0 Å². The number of benzene rings is 1. The van der Waals surface area contributed by atoms with Crippen LogP contribution in [0, 0.1) is 13.8 Å². The lowest BCUT2D eigenvalue weighted by atomic mass is 10.2. The Balaban J connectivity index is 1.64. The van der Waals surface area contributed by atoms with Crippen LogP contribution in [0.1, 0.15) is 11.3 Å². The first-order valence-corrected chi connectivity index (χ1v) is 9.19. The minimum absolute atomic E-state index is 0.0693. The Morgan fingerprint density at radius 3 is 2.73 bits per heavy atom. The van der Waals surface area contributed by atoms with Gasteiger partial charge in [0, 0.05) is 11.8 Å². The van der Waals surface area contributed by atoms with Gasteiger partial charge in [-0.25, -0.2) is 9.97 Å². The van der Waals surface area contributed by atoms with Crippen molar-refractivity contribution in [2.45, 2.75) is 20.4 Å². The lowest BCUT2D eigenvalue weighted by molar-refractivity contribution is -0.116. The largest absolute Gasteiger partial charge is 0.497 e. The quantitative estimate of drug-likeness (QED) is 0.541. The summed E-state index contributed by atoms with van der Waals surface area (Å²) in [4.78, 5) is 34.1. The summed E-state index contributed by atoms with van der Waals surface area (Å²) in [6, 6.07) is 6.91. The monoisotopic (exact) mass is 408 g/mol. The first-order chi connectivity index (χ1) is 14.4. The van der Waals surface area contributed by atoms with Gasteiger partial charge in [0.1, 0.15) is 23.6 Å². The van der Waals surface area contributed by atoms with Crippen molar-refractivity contribution in [3.05, 3.63) is 52.2 Å². The Bertz CT molecular complexity index is 1340. The number of aromatic nitrogens is 3. The van der Waals surface area contributed by atoms with Crippen molar-refractivity contribution in [3.8, 4) is 11.5 Å². The molecule has 0 radical (unpaired) electrons. The Morgan fingerprint density at radius 2 is 2.00 bits per heavy atom. The number of ether oxygens (including phenoxy) is 2. The van der Waals surface area contributed by atoms with E-state index in [0.29, 0.717) is 33.8 Å². The van der Waals surface area contributed by atoms with Crippen molar-refractivity contribution in [2.24, 2.45) is 0 Å². The van der Waals surface area contributed by atoms with E-state index in [0.717, 1.165) is 11.3 Å². The van der Waals surface area contributed by atoms with E-state index < -0.39 is 11.5 Å². The first kappa shape index (κ1) is 19.4. The maximum absolute atomic E-state index is 12.8. The second-order valence-electron chi connectivity index (χ2n) is 6.82. The number of rotatable bonds is 5. The van der Waals surface area contributed by atoms with Crippen molar-refractivity contribution in [3.63, 3.8) is 0 Å². The molecule has 1 amide bonds. The number of nitrogens with zero attached hydrogens (tertiary/aromatic N) is 3. The number of aryl methyl sites for hydroxylation is 2. The molecule has 9 nitrogen and oxygen atoms in total. The van der Waals surface area contributed by atoms with E-state index in [4.69, 9.17) is 13.9 Å². The maximum Gasteiger partial charge on any atom is 0.297 e.